The van der Waals surface area contributed by atoms with Crippen LogP contribution in [0.5, 0.6) is 0 Å². The maximum absolute atomic E-state index is 11.9. The highest BCUT2D eigenvalue weighted by Crippen LogP contribution is 2.03. The largest absolute Gasteiger partial charge is 0.393 e. The monoisotopic (exact) mass is 284 g/mol. The number of rotatable bonds is 10. The molecule has 0 amide bonds. The van der Waals surface area contributed by atoms with Crippen molar-refractivity contribution in [1.29, 1.82) is 0 Å². The van der Waals surface area contributed by atoms with Gasteiger partial charge in [-0.05, 0) is 0 Å². The minimum Gasteiger partial charge on any atom is -0.393 e. The van der Waals surface area contributed by atoms with Gasteiger partial charge < -0.3 is 15.2 Å². The molecule has 0 aliphatic carbocycles. The molecule has 102 valence electrons. The van der Waals surface area contributed by atoms with E-state index in [1.807, 2.05) is 0 Å². The third kappa shape index (κ3) is 7.61. The van der Waals surface area contributed by atoms with Gasteiger partial charge >= 0.3 is 0 Å². The number of nitrogens with zero attached hydrogens (tertiary/aromatic N) is 1. The van der Waals surface area contributed by atoms with Crippen LogP contribution in [0, 0.1) is 0 Å². The molecule has 2 N–H and O–H groups in total. The van der Waals surface area contributed by atoms with Crippen molar-refractivity contribution in [2.24, 2.45) is 5.73 Å². The van der Waals surface area contributed by atoms with Crippen LogP contribution in [0.2, 0.25) is 0 Å². The summed E-state index contributed by atoms with van der Waals surface area (Å²) in [7, 11) is -0.356. The summed E-state index contributed by atoms with van der Waals surface area (Å²) >= 11 is 4.74. The molecule has 17 heavy (non-hydrogen) atoms. The highest BCUT2D eigenvalue weighted by molar-refractivity contribution is 7.89. The van der Waals surface area contributed by atoms with Gasteiger partial charge in [0.2, 0.25) is 10.0 Å². The fraction of sp³-hybridized carbons (Fsp3) is 0.889. The fourth-order valence-electron chi connectivity index (χ4n) is 1.14. The third-order valence-electron chi connectivity index (χ3n) is 2.09. The normalized spacial score (nSPS) is 11.9. The van der Waals surface area contributed by atoms with Gasteiger partial charge in [0.15, 0.2) is 0 Å². The second kappa shape index (κ2) is 8.76. The van der Waals surface area contributed by atoms with E-state index in [0.717, 1.165) is 0 Å². The van der Waals surface area contributed by atoms with Gasteiger partial charge in [-0.15, -0.1) is 0 Å². The standard InChI is InChI=1S/C9H20N2O4S2/c1-14-6-5-11(4-3-9(10)16)17(12,13)8-7-15-2/h3-8H2,1-2H3,(H2,10,16). The molecular weight excluding hydrogens is 264 g/mol. The van der Waals surface area contributed by atoms with Crippen LogP contribution < -0.4 is 5.73 Å². The van der Waals surface area contributed by atoms with Gasteiger partial charge in [0.25, 0.3) is 0 Å². The molecule has 0 aromatic carbocycles. The van der Waals surface area contributed by atoms with Crippen LogP contribution in [-0.2, 0) is 19.5 Å². The van der Waals surface area contributed by atoms with E-state index < -0.39 is 10.0 Å². The minimum atomic E-state index is -3.34. The molecule has 0 saturated carbocycles. The lowest BCUT2D eigenvalue weighted by Gasteiger charge is -2.21. The molecule has 0 saturated heterocycles. The minimum absolute atomic E-state index is 0.0510. The molecule has 0 aromatic heterocycles. The molecule has 0 aliphatic heterocycles. The lowest BCUT2D eigenvalue weighted by atomic mass is 10.4. The van der Waals surface area contributed by atoms with Gasteiger partial charge in [0, 0.05) is 33.7 Å². The zero-order valence-electron chi connectivity index (χ0n) is 10.2. The van der Waals surface area contributed by atoms with Crippen molar-refractivity contribution in [3.63, 3.8) is 0 Å². The lowest BCUT2D eigenvalue weighted by molar-refractivity contribution is 0.178. The first-order valence-electron chi connectivity index (χ1n) is 5.18. The van der Waals surface area contributed by atoms with E-state index >= 15 is 0 Å². The van der Waals surface area contributed by atoms with Gasteiger partial charge in [-0.3, -0.25) is 0 Å². The quantitative estimate of drug-likeness (QED) is 0.549. The van der Waals surface area contributed by atoms with Crippen LogP contribution in [0.1, 0.15) is 6.42 Å². The predicted octanol–water partition coefficient (Wildman–Crippen LogP) is -0.413. The van der Waals surface area contributed by atoms with Crippen molar-refractivity contribution in [1.82, 2.24) is 4.31 Å². The Bertz CT molecular complexity index is 319. The summed E-state index contributed by atoms with van der Waals surface area (Å²) in [6.45, 7) is 1.08. The molecule has 0 rings (SSSR count). The Kier molecular flexibility index (Phi) is 8.61. The molecule has 0 fully saturated rings. The SMILES string of the molecule is COCCN(CCC(N)=S)S(=O)(=O)CCOC. The van der Waals surface area contributed by atoms with Crippen molar-refractivity contribution in [3.05, 3.63) is 0 Å². The Morgan fingerprint density at radius 2 is 1.82 bits per heavy atom. The summed E-state index contributed by atoms with van der Waals surface area (Å²) in [4.78, 5) is 0.300. The fourth-order valence-corrected chi connectivity index (χ4v) is 2.58. The first-order chi connectivity index (χ1) is 7.94. The van der Waals surface area contributed by atoms with Gasteiger partial charge in [0.05, 0.1) is 24.0 Å². The van der Waals surface area contributed by atoms with Crippen molar-refractivity contribution in [3.8, 4) is 0 Å². The molecule has 8 heteroatoms. The molecule has 0 atom stereocenters. The molecule has 0 aromatic rings. The Morgan fingerprint density at radius 3 is 2.29 bits per heavy atom. The summed E-state index contributed by atoms with van der Waals surface area (Å²) in [5, 5.41) is 0. The predicted molar refractivity (Wildman–Crippen MR) is 70.5 cm³/mol. The van der Waals surface area contributed by atoms with Crippen molar-refractivity contribution in [2.75, 3.05) is 46.3 Å². The summed E-state index contributed by atoms with van der Waals surface area (Å²) in [6.07, 6.45) is 0.366. The smallest absolute Gasteiger partial charge is 0.216 e. The van der Waals surface area contributed by atoms with Crippen LogP contribution in [0.4, 0.5) is 0 Å². The Morgan fingerprint density at radius 1 is 1.24 bits per heavy atom. The summed E-state index contributed by atoms with van der Waals surface area (Å²) in [5.41, 5.74) is 5.37. The summed E-state index contributed by atoms with van der Waals surface area (Å²) in [5.74, 6) is -0.0510. The van der Waals surface area contributed by atoms with Crippen LogP contribution in [0.25, 0.3) is 0 Å². The van der Waals surface area contributed by atoms with E-state index in [9.17, 15) is 8.42 Å². The number of ether oxygens (including phenoxy) is 2. The third-order valence-corrected chi connectivity index (χ3v) is 4.13. The van der Waals surface area contributed by atoms with E-state index in [1.54, 1.807) is 0 Å². The molecule has 0 aliphatic rings. The average molecular weight is 284 g/mol. The zero-order valence-corrected chi connectivity index (χ0v) is 11.8. The van der Waals surface area contributed by atoms with Crippen molar-refractivity contribution in [2.45, 2.75) is 6.42 Å². The van der Waals surface area contributed by atoms with Crippen molar-refractivity contribution >= 4 is 27.2 Å². The second-order valence-electron chi connectivity index (χ2n) is 3.42. The molecule has 0 heterocycles. The number of thiocarbonyl (C=S) groups is 1. The number of methoxy groups -OCH3 is 2. The molecule has 6 nitrogen and oxygen atoms in total. The number of hydrogen-bond donors (Lipinski definition) is 1. The van der Waals surface area contributed by atoms with Gasteiger partial charge in [-0.1, -0.05) is 12.2 Å². The first-order valence-corrected chi connectivity index (χ1v) is 7.19. The molecule has 0 bridgehead atoms. The summed E-state index contributed by atoms with van der Waals surface area (Å²) in [6, 6.07) is 0. The maximum Gasteiger partial charge on any atom is 0.216 e. The lowest BCUT2D eigenvalue weighted by Crippen LogP contribution is -2.38. The Hall–Kier alpha value is -0.280. The molecular formula is C9H20N2O4S2. The number of nitrogens with two attached hydrogens (primary N) is 1. The van der Waals surface area contributed by atoms with Crippen LogP contribution >= 0.6 is 12.2 Å². The molecule has 0 radical (unpaired) electrons. The van der Waals surface area contributed by atoms with Crippen LogP contribution in [0.3, 0.4) is 0 Å². The highest BCUT2D eigenvalue weighted by Gasteiger charge is 2.21. The van der Waals surface area contributed by atoms with Crippen LogP contribution in [-0.4, -0.2) is 64.0 Å². The molecule has 0 spiro atoms. The van der Waals surface area contributed by atoms with E-state index in [4.69, 9.17) is 27.4 Å². The zero-order chi connectivity index (χ0) is 13.3. The van der Waals surface area contributed by atoms with Crippen LogP contribution in [0.15, 0.2) is 0 Å². The highest BCUT2D eigenvalue weighted by atomic mass is 32.2. The van der Waals surface area contributed by atoms with E-state index in [-0.39, 0.29) is 18.9 Å². The average Bonchev–Trinajstić information content (AvgIpc) is 2.25. The van der Waals surface area contributed by atoms with Gasteiger partial charge in [-0.25, -0.2) is 8.42 Å². The Labute approximate surface area is 108 Å². The summed E-state index contributed by atoms with van der Waals surface area (Å²) < 4.78 is 34.8. The molecule has 0 unspecified atom stereocenters. The van der Waals surface area contributed by atoms with Crippen molar-refractivity contribution < 1.29 is 17.9 Å². The van der Waals surface area contributed by atoms with E-state index in [1.165, 1.54) is 18.5 Å². The number of sulfonamides is 1. The van der Waals surface area contributed by atoms with Gasteiger partial charge in [-0.2, -0.15) is 4.31 Å². The van der Waals surface area contributed by atoms with Gasteiger partial charge in [0.1, 0.15) is 0 Å². The van der Waals surface area contributed by atoms with E-state index in [2.05, 4.69) is 0 Å². The number of hydrogen-bond acceptors (Lipinski definition) is 5. The van der Waals surface area contributed by atoms with E-state index in [0.29, 0.717) is 24.6 Å². The second-order valence-corrected chi connectivity index (χ2v) is 6.03. The first kappa shape index (κ1) is 16.7. The Balaban J connectivity index is 4.47. The topological polar surface area (TPSA) is 81.9 Å². The maximum atomic E-state index is 11.9.